The zero-order valence-electron chi connectivity index (χ0n) is 13.3. The van der Waals surface area contributed by atoms with Crippen molar-refractivity contribution in [2.24, 2.45) is 0 Å². The Hall–Kier alpha value is -2.92. The first-order chi connectivity index (χ1) is 11.7. The summed E-state index contributed by atoms with van der Waals surface area (Å²) in [5.74, 6) is 0.296. The molecule has 5 heteroatoms. The third-order valence-corrected chi connectivity index (χ3v) is 3.67. The van der Waals surface area contributed by atoms with E-state index in [9.17, 15) is 4.79 Å². The highest BCUT2D eigenvalue weighted by Gasteiger charge is 2.16. The predicted octanol–water partition coefficient (Wildman–Crippen LogP) is 3.13. The van der Waals surface area contributed by atoms with Gasteiger partial charge in [0.15, 0.2) is 6.10 Å². The number of pyridine rings is 1. The molecule has 3 aromatic rings. The van der Waals surface area contributed by atoms with Gasteiger partial charge in [0.1, 0.15) is 5.75 Å². The molecular weight excluding hydrogens is 304 g/mol. The number of carbonyl (C=O) groups excluding carboxylic acids is 1. The van der Waals surface area contributed by atoms with Crippen molar-refractivity contribution in [1.29, 1.82) is 0 Å². The molecule has 1 unspecified atom stereocenters. The second kappa shape index (κ2) is 7.10. The van der Waals surface area contributed by atoms with Crippen molar-refractivity contribution in [2.45, 2.75) is 19.6 Å². The van der Waals surface area contributed by atoms with E-state index >= 15 is 0 Å². The van der Waals surface area contributed by atoms with Gasteiger partial charge in [-0.05, 0) is 48.9 Å². The molecule has 0 saturated carbocycles. The summed E-state index contributed by atoms with van der Waals surface area (Å²) in [4.78, 5) is 16.7. The second-order valence-corrected chi connectivity index (χ2v) is 5.43. The minimum atomic E-state index is -0.675. The first-order valence-corrected chi connectivity index (χ1v) is 7.68. The number of anilines is 1. The fourth-order valence-electron chi connectivity index (χ4n) is 2.42. The van der Waals surface area contributed by atoms with E-state index in [2.05, 4.69) is 10.3 Å². The van der Waals surface area contributed by atoms with Gasteiger partial charge in [0, 0.05) is 11.6 Å². The van der Waals surface area contributed by atoms with Crippen LogP contribution in [0.15, 0.2) is 60.8 Å². The Morgan fingerprint density at radius 1 is 1.21 bits per heavy atom. The van der Waals surface area contributed by atoms with Crippen LogP contribution in [0.2, 0.25) is 0 Å². The van der Waals surface area contributed by atoms with Gasteiger partial charge in [-0.1, -0.05) is 18.2 Å². The van der Waals surface area contributed by atoms with Crippen molar-refractivity contribution in [2.75, 3.05) is 5.32 Å². The van der Waals surface area contributed by atoms with Gasteiger partial charge in [0.25, 0.3) is 5.91 Å². The molecule has 5 nitrogen and oxygen atoms in total. The van der Waals surface area contributed by atoms with Crippen LogP contribution in [0.1, 0.15) is 12.5 Å². The number of fused-ring (bicyclic) bond motifs is 1. The number of aromatic nitrogens is 1. The van der Waals surface area contributed by atoms with Crippen LogP contribution in [-0.4, -0.2) is 22.1 Å². The molecule has 0 fully saturated rings. The maximum absolute atomic E-state index is 12.4. The molecule has 1 heterocycles. The number of aliphatic hydroxyl groups excluding tert-OH is 1. The average Bonchev–Trinajstić information content (AvgIpc) is 2.62. The number of hydrogen-bond acceptors (Lipinski definition) is 4. The molecule has 0 bridgehead atoms. The number of ether oxygens (including phenoxy) is 1. The monoisotopic (exact) mass is 322 g/mol. The van der Waals surface area contributed by atoms with Crippen molar-refractivity contribution in [1.82, 2.24) is 4.98 Å². The zero-order valence-corrected chi connectivity index (χ0v) is 13.3. The fraction of sp³-hybridized carbons (Fsp3) is 0.158. The Bertz CT molecular complexity index is 859. The predicted molar refractivity (Wildman–Crippen MR) is 92.8 cm³/mol. The lowest BCUT2D eigenvalue weighted by molar-refractivity contribution is -0.122. The zero-order chi connectivity index (χ0) is 16.9. The van der Waals surface area contributed by atoms with Crippen molar-refractivity contribution < 1.29 is 14.6 Å². The highest BCUT2D eigenvalue weighted by atomic mass is 16.5. The molecular formula is C19H18N2O3. The highest BCUT2D eigenvalue weighted by Crippen LogP contribution is 2.22. The van der Waals surface area contributed by atoms with Crippen LogP contribution in [-0.2, 0) is 11.4 Å². The summed E-state index contributed by atoms with van der Waals surface area (Å²) in [5, 5.41) is 12.9. The quantitative estimate of drug-likeness (QED) is 0.757. The van der Waals surface area contributed by atoms with E-state index in [0.717, 1.165) is 16.5 Å². The molecule has 2 aromatic carbocycles. The molecule has 122 valence electrons. The third-order valence-electron chi connectivity index (χ3n) is 3.67. The molecule has 2 N–H and O–H groups in total. The number of rotatable bonds is 5. The van der Waals surface area contributed by atoms with E-state index in [4.69, 9.17) is 9.84 Å². The number of nitrogens with one attached hydrogen (secondary N) is 1. The van der Waals surface area contributed by atoms with Gasteiger partial charge in [-0.3, -0.25) is 9.78 Å². The number of benzene rings is 2. The van der Waals surface area contributed by atoms with Crippen LogP contribution in [0.4, 0.5) is 5.69 Å². The average molecular weight is 322 g/mol. The summed E-state index contributed by atoms with van der Waals surface area (Å²) in [7, 11) is 0. The molecule has 1 aromatic heterocycles. The summed E-state index contributed by atoms with van der Waals surface area (Å²) >= 11 is 0. The van der Waals surface area contributed by atoms with E-state index in [1.165, 1.54) is 0 Å². The SMILES string of the molecule is CC(Oc1cccc(CO)c1)C(=O)Nc1cccc2ncccc12. The molecule has 1 amide bonds. The van der Waals surface area contributed by atoms with E-state index in [0.29, 0.717) is 11.4 Å². The summed E-state index contributed by atoms with van der Waals surface area (Å²) < 4.78 is 5.66. The lowest BCUT2D eigenvalue weighted by atomic mass is 10.1. The van der Waals surface area contributed by atoms with Gasteiger partial charge >= 0.3 is 0 Å². The Morgan fingerprint density at radius 3 is 2.88 bits per heavy atom. The van der Waals surface area contributed by atoms with Gasteiger partial charge in [-0.25, -0.2) is 0 Å². The minimum Gasteiger partial charge on any atom is -0.481 e. The van der Waals surface area contributed by atoms with Crippen molar-refractivity contribution in [3.05, 3.63) is 66.4 Å². The lowest BCUT2D eigenvalue weighted by Crippen LogP contribution is -2.30. The minimum absolute atomic E-state index is 0.0687. The Labute approximate surface area is 139 Å². The molecule has 24 heavy (non-hydrogen) atoms. The number of nitrogens with zero attached hydrogens (tertiary/aromatic N) is 1. The summed E-state index contributed by atoms with van der Waals surface area (Å²) in [6.45, 7) is 1.62. The number of hydrogen-bond donors (Lipinski definition) is 2. The number of amides is 1. The summed E-state index contributed by atoms with van der Waals surface area (Å²) in [5.41, 5.74) is 2.25. The van der Waals surface area contributed by atoms with E-state index in [1.54, 1.807) is 37.4 Å². The van der Waals surface area contributed by atoms with Crippen molar-refractivity contribution in [3.8, 4) is 5.75 Å². The fourth-order valence-corrected chi connectivity index (χ4v) is 2.42. The lowest BCUT2D eigenvalue weighted by Gasteiger charge is -2.16. The van der Waals surface area contributed by atoms with E-state index in [-0.39, 0.29) is 12.5 Å². The van der Waals surface area contributed by atoms with Gasteiger partial charge in [-0.15, -0.1) is 0 Å². The molecule has 3 rings (SSSR count). The second-order valence-electron chi connectivity index (χ2n) is 5.43. The van der Waals surface area contributed by atoms with Crippen LogP contribution >= 0.6 is 0 Å². The molecule has 0 aliphatic carbocycles. The Balaban J connectivity index is 1.73. The Kier molecular flexibility index (Phi) is 4.72. The normalized spacial score (nSPS) is 11.9. The Morgan fingerprint density at radius 2 is 2.04 bits per heavy atom. The van der Waals surface area contributed by atoms with Gasteiger partial charge in [0.05, 0.1) is 17.8 Å². The standard InChI is InChI=1S/C19H18N2O3/c1-13(24-15-6-2-5-14(11-15)12-22)19(23)21-18-9-3-8-17-16(18)7-4-10-20-17/h2-11,13,22H,12H2,1H3,(H,21,23). The molecule has 0 spiro atoms. The maximum atomic E-state index is 12.4. The maximum Gasteiger partial charge on any atom is 0.265 e. The summed E-state index contributed by atoms with van der Waals surface area (Å²) in [6, 6.07) is 16.4. The van der Waals surface area contributed by atoms with Gasteiger partial charge in [0.2, 0.25) is 0 Å². The number of aliphatic hydroxyl groups is 1. The first kappa shape index (κ1) is 16.0. The van der Waals surface area contributed by atoms with Crippen LogP contribution in [0, 0.1) is 0 Å². The molecule has 0 radical (unpaired) electrons. The van der Waals surface area contributed by atoms with Crippen LogP contribution < -0.4 is 10.1 Å². The molecule has 0 saturated heterocycles. The van der Waals surface area contributed by atoms with E-state index < -0.39 is 6.10 Å². The van der Waals surface area contributed by atoms with Gasteiger partial charge in [-0.2, -0.15) is 0 Å². The van der Waals surface area contributed by atoms with Crippen molar-refractivity contribution in [3.63, 3.8) is 0 Å². The van der Waals surface area contributed by atoms with Crippen LogP contribution in [0.25, 0.3) is 10.9 Å². The van der Waals surface area contributed by atoms with Crippen LogP contribution in [0.5, 0.6) is 5.75 Å². The van der Waals surface area contributed by atoms with Crippen molar-refractivity contribution >= 4 is 22.5 Å². The smallest absolute Gasteiger partial charge is 0.265 e. The van der Waals surface area contributed by atoms with Crippen LogP contribution in [0.3, 0.4) is 0 Å². The molecule has 1 atom stereocenters. The van der Waals surface area contributed by atoms with Gasteiger partial charge < -0.3 is 15.2 Å². The first-order valence-electron chi connectivity index (χ1n) is 7.68. The topological polar surface area (TPSA) is 71.5 Å². The van der Waals surface area contributed by atoms with E-state index in [1.807, 2.05) is 30.3 Å². The molecule has 0 aliphatic rings. The highest BCUT2D eigenvalue weighted by molar-refractivity contribution is 6.02. The molecule has 0 aliphatic heterocycles. The summed E-state index contributed by atoms with van der Waals surface area (Å²) in [6.07, 6.45) is 1.04. The largest absolute Gasteiger partial charge is 0.481 e. The number of carbonyl (C=O) groups is 1. The third kappa shape index (κ3) is 3.52.